The summed E-state index contributed by atoms with van der Waals surface area (Å²) >= 11 is 0. The number of nitrogens with zero attached hydrogens (tertiary/aromatic N) is 1. The molecule has 0 aliphatic carbocycles. The Bertz CT molecular complexity index is 393. The number of rotatable bonds is 2. The molecule has 5 nitrogen and oxygen atoms in total. The van der Waals surface area contributed by atoms with Gasteiger partial charge in [0.25, 0.3) is 5.91 Å². The summed E-state index contributed by atoms with van der Waals surface area (Å²) in [5, 5.41) is 27.6. The number of β-amino-alcohol motifs (C(OH)–C–C–N with tert-alkyl or cyclic N) is 2. The number of hydrogen-bond acceptors (Lipinski definition) is 4. The first kappa shape index (κ1) is 12.0. The third-order valence-electron chi connectivity index (χ3n) is 2.93. The molecule has 1 saturated heterocycles. The zero-order valence-electron chi connectivity index (χ0n) is 9.28. The van der Waals surface area contributed by atoms with Crippen molar-refractivity contribution in [3.8, 4) is 0 Å². The van der Waals surface area contributed by atoms with Crippen LogP contribution in [0.15, 0.2) is 24.3 Å². The van der Waals surface area contributed by atoms with Crippen LogP contribution in [0.5, 0.6) is 0 Å². The molecule has 1 amide bonds. The summed E-state index contributed by atoms with van der Waals surface area (Å²) in [6.07, 6.45) is -1.73. The predicted molar refractivity (Wildman–Crippen MR) is 60.3 cm³/mol. The van der Waals surface area contributed by atoms with Crippen LogP contribution in [0.1, 0.15) is 15.9 Å². The second-order valence-electron chi connectivity index (χ2n) is 4.20. The van der Waals surface area contributed by atoms with Gasteiger partial charge in [0.2, 0.25) is 0 Å². The molecule has 0 radical (unpaired) electrons. The molecule has 1 aromatic carbocycles. The van der Waals surface area contributed by atoms with Crippen LogP contribution in [0.4, 0.5) is 0 Å². The lowest BCUT2D eigenvalue weighted by atomic mass is 10.1. The molecule has 0 bridgehead atoms. The van der Waals surface area contributed by atoms with E-state index in [1.165, 1.54) is 4.90 Å². The smallest absolute Gasteiger partial charge is 0.254 e. The summed E-state index contributed by atoms with van der Waals surface area (Å²) in [6.45, 7) is 0.249. The molecular weight excluding hydrogens is 222 g/mol. The third kappa shape index (κ3) is 2.46. The maximum absolute atomic E-state index is 12.0. The van der Waals surface area contributed by atoms with Gasteiger partial charge in [0.15, 0.2) is 0 Å². The zero-order valence-corrected chi connectivity index (χ0v) is 9.28. The number of benzene rings is 1. The number of aliphatic hydroxyl groups is 3. The minimum atomic E-state index is -0.865. The van der Waals surface area contributed by atoms with Crippen molar-refractivity contribution >= 4 is 5.91 Å². The number of carbonyl (C=O) groups is 1. The molecule has 5 heteroatoms. The average Bonchev–Trinajstić information content (AvgIpc) is 2.69. The summed E-state index contributed by atoms with van der Waals surface area (Å²) in [6, 6.07) is 6.61. The largest absolute Gasteiger partial charge is 0.392 e. The quantitative estimate of drug-likeness (QED) is 0.639. The highest BCUT2D eigenvalue weighted by Crippen LogP contribution is 2.14. The van der Waals surface area contributed by atoms with Crippen LogP contribution in [-0.4, -0.2) is 51.4 Å². The van der Waals surface area contributed by atoms with Crippen molar-refractivity contribution < 1.29 is 20.1 Å². The fourth-order valence-electron chi connectivity index (χ4n) is 1.87. The standard InChI is InChI=1S/C12H15NO4/c14-7-8-1-3-9(4-2-8)12(17)13-5-10(15)11(16)6-13/h1-4,10-11,14-16H,5-7H2/t10-,11+. The predicted octanol–water partition coefficient (Wildman–Crippen LogP) is -0.643. The molecule has 1 aromatic rings. The van der Waals surface area contributed by atoms with Crippen LogP contribution in [0, 0.1) is 0 Å². The first-order chi connectivity index (χ1) is 8.11. The lowest BCUT2D eigenvalue weighted by molar-refractivity contribution is 0.0572. The molecule has 2 rings (SSSR count). The molecule has 0 spiro atoms. The SMILES string of the molecule is O=C(c1ccc(CO)cc1)N1C[C@@H](O)[C@@H](O)C1. The second-order valence-corrected chi connectivity index (χ2v) is 4.20. The van der Waals surface area contributed by atoms with Gasteiger partial charge >= 0.3 is 0 Å². The summed E-state index contributed by atoms with van der Waals surface area (Å²) in [7, 11) is 0. The Morgan fingerprint density at radius 2 is 1.71 bits per heavy atom. The van der Waals surface area contributed by atoms with Gasteiger partial charge in [0.1, 0.15) is 0 Å². The Morgan fingerprint density at radius 3 is 2.18 bits per heavy atom. The van der Waals surface area contributed by atoms with Crippen LogP contribution in [0.3, 0.4) is 0 Å². The van der Waals surface area contributed by atoms with Crippen molar-refractivity contribution in [1.82, 2.24) is 4.90 Å². The first-order valence-electron chi connectivity index (χ1n) is 5.47. The maximum Gasteiger partial charge on any atom is 0.254 e. The zero-order chi connectivity index (χ0) is 12.4. The monoisotopic (exact) mass is 237 g/mol. The van der Waals surface area contributed by atoms with E-state index in [9.17, 15) is 15.0 Å². The number of carbonyl (C=O) groups excluding carboxylic acids is 1. The minimum absolute atomic E-state index is 0.0599. The third-order valence-corrected chi connectivity index (χ3v) is 2.93. The molecule has 0 saturated carbocycles. The number of amides is 1. The lowest BCUT2D eigenvalue weighted by Gasteiger charge is -2.15. The molecule has 1 aliphatic heterocycles. The molecule has 1 heterocycles. The van der Waals surface area contributed by atoms with E-state index in [0.717, 1.165) is 5.56 Å². The average molecular weight is 237 g/mol. The summed E-state index contributed by atoms with van der Waals surface area (Å²) in [5.74, 6) is -0.218. The molecule has 1 aliphatic rings. The van der Waals surface area contributed by atoms with E-state index in [-0.39, 0.29) is 25.6 Å². The van der Waals surface area contributed by atoms with Gasteiger partial charge in [0.05, 0.1) is 18.8 Å². The molecule has 2 atom stereocenters. The molecule has 0 unspecified atom stereocenters. The van der Waals surface area contributed by atoms with Gasteiger partial charge < -0.3 is 20.2 Å². The van der Waals surface area contributed by atoms with Gasteiger partial charge in [0, 0.05) is 18.7 Å². The molecule has 17 heavy (non-hydrogen) atoms. The van der Waals surface area contributed by atoms with Crippen LogP contribution in [0.25, 0.3) is 0 Å². The highest BCUT2D eigenvalue weighted by atomic mass is 16.3. The van der Waals surface area contributed by atoms with E-state index in [4.69, 9.17) is 5.11 Å². The van der Waals surface area contributed by atoms with Gasteiger partial charge in [-0.2, -0.15) is 0 Å². The highest BCUT2D eigenvalue weighted by molar-refractivity contribution is 5.94. The highest BCUT2D eigenvalue weighted by Gasteiger charge is 2.32. The van der Waals surface area contributed by atoms with E-state index < -0.39 is 12.2 Å². The number of likely N-dealkylation sites (tertiary alicyclic amines) is 1. The van der Waals surface area contributed by atoms with Crippen LogP contribution in [-0.2, 0) is 6.61 Å². The molecule has 0 aromatic heterocycles. The Morgan fingerprint density at radius 1 is 1.18 bits per heavy atom. The van der Waals surface area contributed by atoms with E-state index >= 15 is 0 Å². The van der Waals surface area contributed by atoms with E-state index in [2.05, 4.69) is 0 Å². The van der Waals surface area contributed by atoms with E-state index in [0.29, 0.717) is 5.56 Å². The Labute approximate surface area is 98.9 Å². The summed E-state index contributed by atoms with van der Waals surface area (Å²) in [4.78, 5) is 13.4. The number of hydrogen-bond donors (Lipinski definition) is 3. The van der Waals surface area contributed by atoms with Gasteiger partial charge in [-0.25, -0.2) is 0 Å². The van der Waals surface area contributed by atoms with Crippen molar-refractivity contribution in [3.05, 3.63) is 35.4 Å². The first-order valence-corrected chi connectivity index (χ1v) is 5.47. The van der Waals surface area contributed by atoms with Crippen molar-refractivity contribution in [2.45, 2.75) is 18.8 Å². The molecule has 92 valence electrons. The van der Waals surface area contributed by atoms with Gasteiger partial charge in [-0.3, -0.25) is 4.79 Å². The van der Waals surface area contributed by atoms with Gasteiger partial charge in [-0.05, 0) is 17.7 Å². The second kappa shape index (κ2) is 4.83. The summed E-state index contributed by atoms with van der Waals surface area (Å²) < 4.78 is 0. The summed E-state index contributed by atoms with van der Waals surface area (Å²) in [5.41, 5.74) is 1.23. The molecule has 1 fully saturated rings. The van der Waals surface area contributed by atoms with Crippen molar-refractivity contribution in [2.75, 3.05) is 13.1 Å². The fourth-order valence-corrected chi connectivity index (χ4v) is 1.87. The Kier molecular flexibility index (Phi) is 3.42. The van der Waals surface area contributed by atoms with Crippen LogP contribution >= 0.6 is 0 Å². The van der Waals surface area contributed by atoms with Crippen LogP contribution < -0.4 is 0 Å². The topological polar surface area (TPSA) is 81.0 Å². The maximum atomic E-state index is 12.0. The van der Waals surface area contributed by atoms with Crippen molar-refractivity contribution in [2.24, 2.45) is 0 Å². The minimum Gasteiger partial charge on any atom is -0.392 e. The van der Waals surface area contributed by atoms with Crippen molar-refractivity contribution in [1.29, 1.82) is 0 Å². The van der Waals surface area contributed by atoms with Gasteiger partial charge in [-0.1, -0.05) is 12.1 Å². The van der Waals surface area contributed by atoms with E-state index in [1.807, 2.05) is 0 Å². The number of aliphatic hydroxyl groups excluding tert-OH is 3. The van der Waals surface area contributed by atoms with E-state index in [1.54, 1.807) is 24.3 Å². The van der Waals surface area contributed by atoms with Crippen molar-refractivity contribution in [3.63, 3.8) is 0 Å². The molecule has 3 N–H and O–H groups in total. The Hall–Kier alpha value is -1.43. The normalized spacial score (nSPS) is 24.1. The van der Waals surface area contributed by atoms with Crippen LogP contribution in [0.2, 0.25) is 0 Å². The van der Waals surface area contributed by atoms with Gasteiger partial charge in [-0.15, -0.1) is 0 Å². The Balaban J connectivity index is 2.09. The lowest BCUT2D eigenvalue weighted by Crippen LogP contribution is -2.29. The fraction of sp³-hybridized carbons (Fsp3) is 0.417. The molecular formula is C12H15NO4.